The third-order valence-corrected chi connectivity index (χ3v) is 0.694. The molecule has 0 radical (unpaired) electrons. The lowest BCUT2D eigenvalue weighted by Gasteiger charge is -1.80. The van der Waals surface area contributed by atoms with E-state index in [1.54, 1.807) is 6.08 Å². The third kappa shape index (κ3) is 3.32. The van der Waals surface area contributed by atoms with Gasteiger partial charge in [0, 0.05) is 4.91 Å². The van der Waals surface area contributed by atoms with Gasteiger partial charge in [0.2, 0.25) is 0 Å². The van der Waals surface area contributed by atoms with Gasteiger partial charge in [-0.05, 0) is 12.0 Å². The highest BCUT2D eigenvalue weighted by Gasteiger charge is 1.84. The summed E-state index contributed by atoms with van der Waals surface area (Å²) in [4.78, 5) is 12.4. The minimum Gasteiger partial charge on any atom is -0.298 e. The lowest BCUT2D eigenvalue weighted by Crippen LogP contribution is -1.75. The molecule has 9 heavy (non-hydrogen) atoms. The normalized spacial score (nSPS) is 10.1. The zero-order valence-electron chi connectivity index (χ0n) is 5.11. The van der Waals surface area contributed by atoms with Crippen LogP contribution < -0.4 is 0 Å². The first-order valence-corrected chi connectivity index (χ1v) is 2.55. The Kier molecular flexibility index (Phi) is 4.18. The quantitative estimate of drug-likeness (QED) is 0.186. The first kappa shape index (κ1) is 7.72. The van der Waals surface area contributed by atoms with Crippen LogP contribution in [0.15, 0.2) is 16.9 Å². The van der Waals surface area contributed by atoms with E-state index in [0.29, 0.717) is 12.7 Å². The van der Waals surface area contributed by atoms with E-state index >= 15 is 0 Å². The smallest absolute Gasteiger partial charge is 0.152 e. The van der Waals surface area contributed by atoms with Crippen LogP contribution in [0, 0.1) is 0 Å². The largest absolute Gasteiger partial charge is 0.298 e. The molecule has 0 bridgehead atoms. The monoisotopic (exact) mass is 125 g/mol. The average Bonchev–Trinajstić information content (AvgIpc) is 1.88. The molecule has 0 aromatic carbocycles. The molecule has 0 aliphatic rings. The highest BCUT2D eigenvalue weighted by molar-refractivity contribution is 5.72. The molecule has 0 aromatic rings. The highest BCUT2D eigenvalue weighted by atomic mass is 16.1. The summed E-state index contributed by atoms with van der Waals surface area (Å²) < 4.78 is 0. The second kappa shape index (κ2) is 4.87. The molecule has 0 saturated heterocycles. The zero-order chi connectivity index (χ0) is 7.11. The maximum Gasteiger partial charge on any atom is 0.152 e. The lowest BCUT2D eigenvalue weighted by molar-refractivity contribution is -0.104. The fourth-order valence-corrected chi connectivity index (χ4v) is 0.373. The molecule has 48 valence electrons. The van der Waals surface area contributed by atoms with Crippen molar-refractivity contribution < 1.29 is 4.79 Å². The Morgan fingerprint density at radius 3 is 2.89 bits per heavy atom. The number of allylic oxidation sites excluding steroid dienone is 2. The number of aldehydes is 1. The van der Waals surface area contributed by atoms with Crippen molar-refractivity contribution in [3.8, 4) is 0 Å². The van der Waals surface area contributed by atoms with Gasteiger partial charge in [0.1, 0.15) is 0 Å². The van der Waals surface area contributed by atoms with Crippen LogP contribution >= 0.6 is 0 Å². The number of hydrogen-bond donors (Lipinski definition) is 0. The van der Waals surface area contributed by atoms with Gasteiger partial charge in [0.15, 0.2) is 6.29 Å². The van der Waals surface area contributed by atoms with Gasteiger partial charge in [0.05, 0.1) is 5.70 Å². The number of rotatable bonds is 3. The van der Waals surface area contributed by atoms with E-state index in [9.17, 15) is 4.79 Å². The summed E-state index contributed by atoms with van der Waals surface area (Å²) in [5.74, 6) is 0. The lowest BCUT2D eigenvalue weighted by atomic mass is 10.4. The first-order chi connectivity index (χ1) is 4.35. The van der Waals surface area contributed by atoms with Crippen molar-refractivity contribution in [1.29, 1.82) is 0 Å². The molecule has 0 unspecified atom stereocenters. The van der Waals surface area contributed by atoms with E-state index in [1.165, 1.54) is 0 Å². The van der Waals surface area contributed by atoms with Gasteiger partial charge < -0.3 is 0 Å². The van der Waals surface area contributed by atoms with Crippen LogP contribution in [0.5, 0.6) is 0 Å². The average molecular weight is 125 g/mol. The van der Waals surface area contributed by atoms with Crippen molar-refractivity contribution >= 4 is 6.29 Å². The van der Waals surface area contributed by atoms with E-state index in [4.69, 9.17) is 5.53 Å². The van der Waals surface area contributed by atoms with Gasteiger partial charge in [-0.3, -0.25) is 4.79 Å². The fourth-order valence-electron chi connectivity index (χ4n) is 0.373. The second-order valence-corrected chi connectivity index (χ2v) is 1.34. The Morgan fingerprint density at radius 2 is 2.56 bits per heavy atom. The Balaban J connectivity index is 4.13. The highest BCUT2D eigenvalue weighted by Crippen LogP contribution is 1.93. The molecule has 0 amide bonds. The summed E-state index contributed by atoms with van der Waals surface area (Å²) >= 11 is 0. The van der Waals surface area contributed by atoms with Crippen LogP contribution in [-0.4, -0.2) is 6.29 Å². The second-order valence-electron chi connectivity index (χ2n) is 1.34. The Morgan fingerprint density at radius 1 is 1.89 bits per heavy atom. The van der Waals surface area contributed by atoms with Crippen LogP contribution in [0.4, 0.5) is 0 Å². The van der Waals surface area contributed by atoms with Crippen LogP contribution in [0.3, 0.4) is 0 Å². The Bertz CT molecular complexity index is 167. The Hall–Kier alpha value is -1.28. The van der Waals surface area contributed by atoms with E-state index in [0.717, 1.165) is 0 Å². The van der Waals surface area contributed by atoms with Gasteiger partial charge in [-0.2, -0.15) is 0 Å². The van der Waals surface area contributed by atoms with Crippen molar-refractivity contribution in [2.75, 3.05) is 0 Å². The standard InChI is InChI=1S/C5H7N3O/c1-2-3-5(4-9)7-8-6/h3-4H,2H2,1H3. The van der Waals surface area contributed by atoms with Crippen molar-refractivity contribution in [3.05, 3.63) is 22.2 Å². The van der Waals surface area contributed by atoms with E-state index in [2.05, 4.69) is 10.0 Å². The molecule has 0 saturated carbocycles. The molecule has 0 N–H and O–H groups in total. The topological polar surface area (TPSA) is 65.8 Å². The van der Waals surface area contributed by atoms with Crippen molar-refractivity contribution in [2.45, 2.75) is 13.3 Å². The van der Waals surface area contributed by atoms with Gasteiger partial charge in [-0.25, -0.2) is 0 Å². The summed E-state index contributed by atoms with van der Waals surface area (Å²) in [5, 5.41) is 3.11. The molecule has 0 spiro atoms. The molecule has 0 atom stereocenters. The van der Waals surface area contributed by atoms with E-state index in [1.807, 2.05) is 6.92 Å². The molecule has 0 aromatic heterocycles. The molecule has 4 nitrogen and oxygen atoms in total. The van der Waals surface area contributed by atoms with Crippen molar-refractivity contribution in [2.24, 2.45) is 5.11 Å². The predicted octanol–water partition coefficient (Wildman–Crippen LogP) is 1.79. The van der Waals surface area contributed by atoms with Crippen molar-refractivity contribution in [3.63, 3.8) is 0 Å². The SMILES string of the molecule is CCC=C(C=O)N=[N+]=[N-]. The van der Waals surface area contributed by atoms with Gasteiger partial charge in [0.25, 0.3) is 0 Å². The van der Waals surface area contributed by atoms with Crippen LogP contribution in [0.2, 0.25) is 0 Å². The molecule has 0 rings (SSSR count). The van der Waals surface area contributed by atoms with Crippen LogP contribution in [-0.2, 0) is 4.79 Å². The maximum atomic E-state index is 9.95. The summed E-state index contributed by atoms with van der Waals surface area (Å²) in [5.41, 5.74) is 8.01. The Labute approximate surface area is 52.8 Å². The molecule has 0 aliphatic carbocycles. The van der Waals surface area contributed by atoms with Gasteiger partial charge >= 0.3 is 0 Å². The number of carbonyl (C=O) groups is 1. The number of azide groups is 1. The first-order valence-electron chi connectivity index (χ1n) is 2.55. The number of nitrogens with zero attached hydrogens (tertiary/aromatic N) is 3. The van der Waals surface area contributed by atoms with Crippen LogP contribution in [0.25, 0.3) is 10.4 Å². The summed E-state index contributed by atoms with van der Waals surface area (Å²) in [6.45, 7) is 1.86. The fraction of sp³-hybridized carbons (Fsp3) is 0.400. The third-order valence-electron chi connectivity index (χ3n) is 0.694. The van der Waals surface area contributed by atoms with E-state index < -0.39 is 0 Å². The summed E-state index contributed by atoms with van der Waals surface area (Å²) in [7, 11) is 0. The zero-order valence-corrected chi connectivity index (χ0v) is 5.11. The summed E-state index contributed by atoms with van der Waals surface area (Å²) in [6.07, 6.45) is 2.79. The maximum absolute atomic E-state index is 9.95. The molecule has 0 fully saturated rings. The van der Waals surface area contributed by atoms with Crippen molar-refractivity contribution in [1.82, 2.24) is 0 Å². The van der Waals surface area contributed by atoms with Gasteiger partial charge in [-0.1, -0.05) is 18.1 Å². The van der Waals surface area contributed by atoms with E-state index in [-0.39, 0.29) is 5.70 Å². The molecule has 0 aliphatic heterocycles. The summed E-state index contributed by atoms with van der Waals surface area (Å²) in [6, 6.07) is 0. The number of carbonyl (C=O) groups excluding carboxylic acids is 1. The predicted molar refractivity (Wildman–Crippen MR) is 33.6 cm³/mol. The molecular weight excluding hydrogens is 118 g/mol. The van der Waals surface area contributed by atoms with Gasteiger partial charge in [-0.15, -0.1) is 0 Å². The molecular formula is C5H7N3O. The minimum atomic E-state index is 0.153. The molecule has 0 heterocycles. The molecule has 4 heteroatoms. The van der Waals surface area contributed by atoms with Crippen LogP contribution in [0.1, 0.15) is 13.3 Å². The minimum absolute atomic E-state index is 0.153. The number of hydrogen-bond acceptors (Lipinski definition) is 2.